The lowest BCUT2D eigenvalue weighted by molar-refractivity contribution is 0.0956. The Hall–Kier alpha value is -1.38. The average Bonchev–Trinajstić information content (AvgIpc) is 2.16. The molecule has 0 radical (unpaired) electrons. The standard InChI is InChI=1S/C13H18N2O/c1-13(2,3)10-7-15-11(12(16)14-4)9-6-5-8(9)10/h7H,5-6H2,1-4H3,(H,14,16). The van der Waals surface area contributed by atoms with Crippen molar-refractivity contribution in [3.63, 3.8) is 0 Å². The Morgan fingerprint density at radius 1 is 1.31 bits per heavy atom. The Morgan fingerprint density at radius 3 is 2.38 bits per heavy atom. The van der Waals surface area contributed by atoms with Crippen LogP contribution in [0.2, 0.25) is 0 Å². The minimum atomic E-state index is -0.0728. The summed E-state index contributed by atoms with van der Waals surface area (Å²) in [7, 11) is 1.65. The van der Waals surface area contributed by atoms with Gasteiger partial charge in [-0.15, -0.1) is 0 Å². The number of rotatable bonds is 1. The Kier molecular flexibility index (Phi) is 2.49. The molecule has 0 aliphatic heterocycles. The van der Waals surface area contributed by atoms with Gasteiger partial charge in [-0.25, -0.2) is 0 Å². The minimum absolute atomic E-state index is 0.0728. The lowest BCUT2D eigenvalue weighted by Crippen LogP contribution is -2.28. The van der Waals surface area contributed by atoms with E-state index >= 15 is 0 Å². The van der Waals surface area contributed by atoms with Crippen LogP contribution in [-0.4, -0.2) is 17.9 Å². The first-order valence-electron chi connectivity index (χ1n) is 5.68. The summed E-state index contributed by atoms with van der Waals surface area (Å²) in [4.78, 5) is 15.9. The molecular formula is C13H18N2O. The number of pyridine rings is 1. The number of aromatic nitrogens is 1. The lowest BCUT2D eigenvalue weighted by atomic mass is 9.76. The molecule has 1 aromatic rings. The maximum atomic E-state index is 11.6. The van der Waals surface area contributed by atoms with Crippen LogP contribution in [0.1, 0.15) is 48.0 Å². The molecule has 0 spiro atoms. The van der Waals surface area contributed by atoms with E-state index in [2.05, 4.69) is 31.1 Å². The molecule has 86 valence electrons. The van der Waals surface area contributed by atoms with Gasteiger partial charge in [0.25, 0.3) is 5.91 Å². The summed E-state index contributed by atoms with van der Waals surface area (Å²) in [5, 5.41) is 2.64. The molecule has 0 aromatic carbocycles. The van der Waals surface area contributed by atoms with Crippen LogP contribution < -0.4 is 5.32 Å². The van der Waals surface area contributed by atoms with Gasteiger partial charge in [0.05, 0.1) is 0 Å². The third-order valence-corrected chi connectivity index (χ3v) is 3.17. The summed E-state index contributed by atoms with van der Waals surface area (Å²) in [5.41, 5.74) is 4.48. The number of amides is 1. The molecule has 16 heavy (non-hydrogen) atoms. The molecule has 1 aromatic heterocycles. The Balaban J connectivity index is 2.51. The molecule has 0 fully saturated rings. The van der Waals surface area contributed by atoms with Crippen molar-refractivity contribution in [3.05, 3.63) is 28.6 Å². The summed E-state index contributed by atoms with van der Waals surface area (Å²) in [6, 6.07) is 0. The summed E-state index contributed by atoms with van der Waals surface area (Å²) >= 11 is 0. The van der Waals surface area contributed by atoms with E-state index < -0.39 is 0 Å². The van der Waals surface area contributed by atoms with Crippen molar-refractivity contribution in [2.75, 3.05) is 7.05 Å². The van der Waals surface area contributed by atoms with Crippen LogP contribution in [0.15, 0.2) is 6.20 Å². The first-order chi connectivity index (χ1) is 7.45. The fraction of sp³-hybridized carbons (Fsp3) is 0.538. The molecule has 1 N–H and O–H groups in total. The van der Waals surface area contributed by atoms with Crippen molar-refractivity contribution in [1.82, 2.24) is 10.3 Å². The maximum Gasteiger partial charge on any atom is 0.269 e. The van der Waals surface area contributed by atoms with Crippen molar-refractivity contribution in [2.24, 2.45) is 0 Å². The van der Waals surface area contributed by atoms with Gasteiger partial charge in [-0.1, -0.05) is 20.8 Å². The van der Waals surface area contributed by atoms with Gasteiger partial charge < -0.3 is 5.32 Å². The second-order valence-electron chi connectivity index (χ2n) is 5.31. The van der Waals surface area contributed by atoms with Gasteiger partial charge in [0.2, 0.25) is 0 Å². The Morgan fingerprint density at radius 2 is 1.94 bits per heavy atom. The summed E-state index contributed by atoms with van der Waals surface area (Å²) < 4.78 is 0. The molecule has 0 saturated heterocycles. The van der Waals surface area contributed by atoms with E-state index in [-0.39, 0.29) is 11.3 Å². The van der Waals surface area contributed by atoms with Crippen LogP contribution in [0.4, 0.5) is 0 Å². The molecule has 1 aliphatic rings. The van der Waals surface area contributed by atoms with Crippen molar-refractivity contribution in [3.8, 4) is 0 Å². The topological polar surface area (TPSA) is 42.0 Å². The highest BCUT2D eigenvalue weighted by Crippen LogP contribution is 2.35. The average molecular weight is 218 g/mol. The first kappa shape index (κ1) is 11.1. The molecule has 0 saturated carbocycles. The molecule has 1 aliphatic carbocycles. The predicted octanol–water partition coefficient (Wildman–Crippen LogP) is 1.84. The van der Waals surface area contributed by atoms with Crippen molar-refractivity contribution in [2.45, 2.75) is 39.0 Å². The molecule has 0 unspecified atom stereocenters. The monoisotopic (exact) mass is 218 g/mol. The van der Waals surface area contributed by atoms with E-state index in [0.717, 1.165) is 18.4 Å². The van der Waals surface area contributed by atoms with Gasteiger partial charge in [0.15, 0.2) is 0 Å². The molecule has 0 atom stereocenters. The molecule has 0 bridgehead atoms. The van der Waals surface area contributed by atoms with Crippen LogP contribution in [0.5, 0.6) is 0 Å². The number of carbonyl (C=O) groups excluding carboxylic acids is 1. The molecule has 1 heterocycles. The minimum Gasteiger partial charge on any atom is -0.354 e. The van der Waals surface area contributed by atoms with E-state index in [0.29, 0.717) is 5.69 Å². The number of fused-ring (bicyclic) bond motifs is 1. The van der Waals surface area contributed by atoms with Crippen molar-refractivity contribution >= 4 is 5.91 Å². The zero-order valence-electron chi connectivity index (χ0n) is 10.3. The molecule has 3 nitrogen and oxygen atoms in total. The van der Waals surface area contributed by atoms with Gasteiger partial charge in [-0.2, -0.15) is 0 Å². The molecular weight excluding hydrogens is 200 g/mol. The zero-order valence-corrected chi connectivity index (χ0v) is 10.3. The highest BCUT2D eigenvalue weighted by atomic mass is 16.1. The largest absolute Gasteiger partial charge is 0.354 e. The van der Waals surface area contributed by atoms with Crippen LogP contribution in [0, 0.1) is 0 Å². The van der Waals surface area contributed by atoms with Gasteiger partial charge in [-0.3, -0.25) is 9.78 Å². The fourth-order valence-corrected chi connectivity index (χ4v) is 2.18. The first-order valence-corrected chi connectivity index (χ1v) is 5.68. The van der Waals surface area contributed by atoms with Crippen LogP contribution >= 0.6 is 0 Å². The Bertz CT molecular complexity index is 444. The second-order valence-corrected chi connectivity index (χ2v) is 5.31. The molecule has 3 heteroatoms. The number of carbonyl (C=O) groups is 1. The smallest absolute Gasteiger partial charge is 0.269 e. The van der Waals surface area contributed by atoms with E-state index in [1.165, 1.54) is 11.1 Å². The number of nitrogens with zero attached hydrogens (tertiary/aromatic N) is 1. The maximum absolute atomic E-state index is 11.6. The van der Waals surface area contributed by atoms with E-state index in [1.807, 2.05) is 6.20 Å². The van der Waals surface area contributed by atoms with Gasteiger partial charge in [-0.05, 0) is 34.9 Å². The highest BCUT2D eigenvalue weighted by molar-refractivity contribution is 5.94. The third-order valence-electron chi connectivity index (χ3n) is 3.17. The van der Waals surface area contributed by atoms with E-state index in [1.54, 1.807) is 7.05 Å². The normalized spacial score (nSPS) is 14.0. The number of hydrogen-bond acceptors (Lipinski definition) is 2. The summed E-state index contributed by atoms with van der Waals surface area (Å²) in [6.07, 6.45) is 3.92. The third kappa shape index (κ3) is 1.60. The summed E-state index contributed by atoms with van der Waals surface area (Å²) in [5.74, 6) is -0.0728. The van der Waals surface area contributed by atoms with E-state index in [4.69, 9.17) is 0 Å². The van der Waals surface area contributed by atoms with Crippen molar-refractivity contribution in [1.29, 1.82) is 0 Å². The van der Waals surface area contributed by atoms with Crippen molar-refractivity contribution < 1.29 is 4.79 Å². The SMILES string of the molecule is CNC(=O)c1ncc(C(C)(C)C)c2c1CC2. The number of hydrogen-bond donors (Lipinski definition) is 1. The molecule has 1 amide bonds. The van der Waals surface area contributed by atoms with Gasteiger partial charge in [0.1, 0.15) is 5.69 Å². The quantitative estimate of drug-likeness (QED) is 0.781. The van der Waals surface area contributed by atoms with Crippen LogP contribution in [0.25, 0.3) is 0 Å². The second kappa shape index (κ2) is 3.58. The Labute approximate surface area is 96.3 Å². The summed E-state index contributed by atoms with van der Waals surface area (Å²) in [6.45, 7) is 6.55. The lowest BCUT2D eigenvalue weighted by Gasteiger charge is -2.30. The van der Waals surface area contributed by atoms with Gasteiger partial charge in [0, 0.05) is 13.2 Å². The fourth-order valence-electron chi connectivity index (χ4n) is 2.18. The highest BCUT2D eigenvalue weighted by Gasteiger charge is 2.29. The predicted molar refractivity (Wildman–Crippen MR) is 63.7 cm³/mol. The van der Waals surface area contributed by atoms with E-state index in [9.17, 15) is 4.79 Å². The van der Waals surface area contributed by atoms with Crippen LogP contribution in [0.3, 0.4) is 0 Å². The number of nitrogens with one attached hydrogen (secondary N) is 1. The van der Waals surface area contributed by atoms with Gasteiger partial charge >= 0.3 is 0 Å². The molecule has 2 rings (SSSR count). The zero-order chi connectivity index (χ0) is 11.9. The van der Waals surface area contributed by atoms with Crippen LogP contribution in [-0.2, 0) is 18.3 Å².